The number of hydrogen-bond donors (Lipinski definition) is 1. The van der Waals surface area contributed by atoms with E-state index in [1.807, 2.05) is 36.4 Å². The van der Waals surface area contributed by atoms with Crippen molar-refractivity contribution in [3.05, 3.63) is 84.1 Å². The second-order valence-electron chi connectivity index (χ2n) is 6.22. The van der Waals surface area contributed by atoms with E-state index in [0.717, 1.165) is 33.3 Å². The first-order valence-electron chi connectivity index (χ1n) is 8.50. The first-order chi connectivity index (χ1) is 12.7. The number of nitrogen functional groups attached to an aromatic ring is 1. The highest BCUT2D eigenvalue weighted by molar-refractivity contribution is 5.89. The molecule has 0 saturated heterocycles. The highest BCUT2D eigenvalue weighted by Crippen LogP contribution is 2.36. The van der Waals surface area contributed by atoms with Crippen molar-refractivity contribution in [2.24, 2.45) is 0 Å². The fraction of sp³-hybridized carbons (Fsp3) is 0.0909. The average molecular weight is 341 g/mol. The Morgan fingerprint density at radius 3 is 2.50 bits per heavy atom. The van der Waals surface area contributed by atoms with Crippen molar-refractivity contribution in [1.29, 1.82) is 0 Å². The summed E-state index contributed by atoms with van der Waals surface area (Å²) in [6.07, 6.45) is 1.75. The Kier molecular flexibility index (Phi) is 4.23. The molecule has 0 aliphatic heterocycles. The highest BCUT2D eigenvalue weighted by atomic mass is 16.5. The Hall–Kier alpha value is -3.40. The molecule has 128 valence electrons. The van der Waals surface area contributed by atoms with Crippen LogP contribution in [0.4, 0.5) is 5.95 Å². The molecule has 0 fully saturated rings. The zero-order valence-corrected chi connectivity index (χ0v) is 14.5. The molecule has 0 aliphatic carbocycles. The largest absolute Gasteiger partial charge is 0.488 e. The molecule has 0 atom stereocenters. The van der Waals surface area contributed by atoms with Crippen molar-refractivity contribution < 1.29 is 4.74 Å². The predicted molar refractivity (Wildman–Crippen MR) is 105 cm³/mol. The Balaban J connectivity index is 1.82. The van der Waals surface area contributed by atoms with Crippen LogP contribution in [-0.2, 0) is 6.61 Å². The van der Waals surface area contributed by atoms with Crippen molar-refractivity contribution in [2.45, 2.75) is 13.5 Å². The van der Waals surface area contributed by atoms with Gasteiger partial charge in [0.15, 0.2) is 0 Å². The zero-order chi connectivity index (χ0) is 17.9. The Labute approximate surface area is 152 Å². The van der Waals surface area contributed by atoms with Crippen molar-refractivity contribution in [2.75, 3.05) is 5.73 Å². The molecule has 1 aromatic heterocycles. The van der Waals surface area contributed by atoms with Gasteiger partial charge in [0, 0.05) is 23.2 Å². The maximum atomic E-state index is 6.18. The summed E-state index contributed by atoms with van der Waals surface area (Å²) in [5, 5.41) is 0.935. The maximum Gasteiger partial charge on any atom is 0.220 e. The van der Waals surface area contributed by atoms with Gasteiger partial charge in [-0.3, -0.25) is 0 Å². The van der Waals surface area contributed by atoms with Gasteiger partial charge in [-0.15, -0.1) is 0 Å². The number of nitrogens with zero attached hydrogens (tertiary/aromatic N) is 2. The van der Waals surface area contributed by atoms with Crippen molar-refractivity contribution >= 4 is 16.9 Å². The minimum atomic E-state index is 0.259. The second-order valence-corrected chi connectivity index (χ2v) is 6.22. The molecule has 4 aromatic rings. The Bertz CT molecular complexity index is 1060. The van der Waals surface area contributed by atoms with Crippen molar-refractivity contribution in [3.63, 3.8) is 0 Å². The fourth-order valence-electron chi connectivity index (χ4n) is 3.01. The monoisotopic (exact) mass is 341 g/mol. The van der Waals surface area contributed by atoms with Crippen molar-refractivity contribution in [3.8, 4) is 16.9 Å². The first kappa shape index (κ1) is 16.1. The van der Waals surface area contributed by atoms with Crippen LogP contribution in [0.25, 0.3) is 22.0 Å². The van der Waals surface area contributed by atoms with Gasteiger partial charge in [0.1, 0.15) is 12.4 Å². The normalized spacial score (nSPS) is 10.8. The van der Waals surface area contributed by atoms with E-state index >= 15 is 0 Å². The quantitative estimate of drug-likeness (QED) is 0.581. The van der Waals surface area contributed by atoms with Crippen LogP contribution < -0.4 is 10.5 Å². The van der Waals surface area contributed by atoms with E-state index in [0.29, 0.717) is 6.61 Å². The number of nitrogens with two attached hydrogens (primary N) is 1. The molecule has 0 aliphatic rings. The highest BCUT2D eigenvalue weighted by Gasteiger charge is 2.12. The number of ether oxygens (including phenoxy) is 1. The van der Waals surface area contributed by atoms with E-state index in [1.165, 1.54) is 5.56 Å². The Morgan fingerprint density at radius 2 is 1.69 bits per heavy atom. The lowest BCUT2D eigenvalue weighted by atomic mass is 9.98. The molecule has 4 rings (SSSR count). The van der Waals surface area contributed by atoms with Gasteiger partial charge in [0.2, 0.25) is 5.95 Å². The third-order valence-electron chi connectivity index (χ3n) is 4.37. The van der Waals surface area contributed by atoms with Crippen LogP contribution >= 0.6 is 0 Å². The molecule has 4 nitrogen and oxygen atoms in total. The minimum absolute atomic E-state index is 0.259. The zero-order valence-electron chi connectivity index (χ0n) is 14.5. The molecule has 0 bridgehead atoms. The van der Waals surface area contributed by atoms with Crippen LogP contribution in [0.1, 0.15) is 11.1 Å². The summed E-state index contributed by atoms with van der Waals surface area (Å²) in [5.74, 6) is 1.05. The van der Waals surface area contributed by atoms with Crippen LogP contribution in [0.3, 0.4) is 0 Å². The van der Waals surface area contributed by atoms with E-state index in [-0.39, 0.29) is 5.95 Å². The lowest BCUT2D eigenvalue weighted by Gasteiger charge is -2.15. The first-order valence-corrected chi connectivity index (χ1v) is 8.50. The fourth-order valence-corrected chi connectivity index (χ4v) is 3.01. The number of rotatable bonds is 4. The van der Waals surface area contributed by atoms with E-state index < -0.39 is 0 Å². The molecule has 26 heavy (non-hydrogen) atoms. The van der Waals surface area contributed by atoms with Crippen LogP contribution in [-0.4, -0.2) is 9.97 Å². The maximum absolute atomic E-state index is 6.18. The Morgan fingerprint density at radius 1 is 0.923 bits per heavy atom. The van der Waals surface area contributed by atoms with Crippen LogP contribution in [0.5, 0.6) is 5.75 Å². The van der Waals surface area contributed by atoms with Gasteiger partial charge in [-0.2, -0.15) is 0 Å². The molecule has 1 heterocycles. The lowest BCUT2D eigenvalue weighted by molar-refractivity contribution is 0.308. The van der Waals surface area contributed by atoms with Gasteiger partial charge in [-0.1, -0.05) is 54.6 Å². The second kappa shape index (κ2) is 6.84. The molecule has 4 heteroatoms. The summed E-state index contributed by atoms with van der Waals surface area (Å²) in [5.41, 5.74) is 11.0. The molecule has 2 N–H and O–H groups in total. The average Bonchev–Trinajstić information content (AvgIpc) is 2.67. The third-order valence-corrected chi connectivity index (χ3v) is 4.37. The molecular weight excluding hydrogens is 322 g/mol. The molecule has 0 saturated carbocycles. The number of fused-ring (bicyclic) bond motifs is 1. The number of aryl methyl sites for hydroxylation is 1. The van der Waals surface area contributed by atoms with E-state index in [1.54, 1.807) is 6.20 Å². The van der Waals surface area contributed by atoms with Crippen LogP contribution in [0.2, 0.25) is 0 Å². The predicted octanol–water partition coefficient (Wildman–Crippen LogP) is 4.77. The number of hydrogen-bond acceptors (Lipinski definition) is 4. The number of aromatic nitrogens is 2. The lowest BCUT2D eigenvalue weighted by Crippen LogP contribution is -1.99. The standard InChI is InChI=1S/C22H19N3O/c1-15-7-5-6-10-18(15)19-11-17-13-24-22(23)25-20(17)12-21(19)26-14-16-8-3-2-4-9-16/h2-13H,14H2,1H3,(H2,23,24,25). The van der Waals surface area contributed by atoms with Gasteiger partial charge in [0.05, 0.1) is 5.52 Å². The molecule has 0 amide bonds. The van der Waals surface area contributed by atoms with Gasteiger partial charge in [-0.25, -0.2) is 9.97 Å². The molecule has 3 aromatic carbocycles. The summed E-state index contributed by atoms with van der Waals surface area (Å²) in [6.45, 7) is 2.59. The smallest absolute Gasteiger partial charge is 0.220 e. The van der Waals surface area contributed by atoms with E-state index in [2.05, 4.69) is 47.2 Å². The molecule has 0 unspecified atom stereocenters. The van der Waals surface area contributed by atoms with Gasteiger partial charge < -0.3 is 10.5 Å². The van der Waals surface area contributed by atoms with Gasteiger partial charge >= 0.3 is 0 Å². The summed E-state index contributed by atoms with van der Waals surface area (Å²) < 4.78 is 6.18. The summed E-state index contributed by atoms with van der Waals surface area (Å²) in [6, 6.07) is 22.4. The third kappa shape index (κ3) is 3.22. The van der Waals surface area contributed by atoms with Gasteiger partial charge in [-0.05, 0) is 29.7 Å². The molecule has 0 radical (unpaired) electrons. The van der Waals surface area contributed by atoms with Gasteiger partial charge in [0.25, 0.3) is 0 Å². The summed E-state index contributed by atoms with van der Waals surface area (Å²) in [7, 11) is 0. The SMILES string of the molecule is Cc1ccccc1-c1cc2cnc(N)nc2cc1OCc1ccccc1. The van der Waals surface area contributed by atoms with E-state index in [9.17, 15) is 0 Å². The summed E-state index contributed by atoms with van der Waals surface area (Å²) >= 11 is 0. The van der Waals surface area contributed by atoms with Crippen molar-refractivity contribution in [1.82, 2.24) is 9.97 Å². The minimum Gasteiger partial charge on any atom is -0.488 e. The number of anilines is 1. The van der Waals surface area contributed by atoms with E-state index in [4.69, 9.17) is 10.5 Å². The summed E-state index contributed by atoms with van der Waals surface area (Å²) in [4.78, 5) is 8.45. The van der Waals surface area contributed by atoms with Crippen LogP contribution in [0.15, 0.2) is 72.9 Å². The molecular formula is C22H19N3O. The van der Waals surface area contributed by atoms with Crippen LogP contribution in [0, 0.1) is 6.92 Å². The topological polar surface area (TPSA) is 61.0 Å². The molecule has 0 spiro atoms. The number of benzene rings is 3.